The van der Waals surface area contributed by atoms with Crippen LogP contribution < -0.4 is 5.32 Å². The summed E-state index contributed by atoms with van der Waals surface area (Å²) in [6.07, 6.45) is 8.06. The first-order valence-corrected chi connectivity index (χ1v) is 6.83. The first-order valence-electron chi connectivity index (χ1n) is 5.66. The van der Waals surface area contributed by atoms with Crippen LogP contribution in [-0.4, -0.2) is 11.1 Å². The van der Waals surface area contributed by atoms with Gasteiger partial charge in [0.2, 0.25) is 0 Å². The Morgan fingerprint density at radius 1 is 1.28 bits per heavy atom. The summed E-state index contributed by atoms with van der Waals surface area (Å²) in [6.45, 7) is 0. The second-order valence-corrected chi connectivity index (χ2v) is 5.75. The molecule has 0 bridgehead atoms. The molecule has 1 aromatic carbocycles. The summed E-state index contributed by atoms with van der Waals surface area (Å²) in [5.41, 5.74) is 1.76. The maximum Gasteiger partial charge on any atom is 0.125 e. The second-order valence-electron chi connectivity index (χ2n) is 4.40. The van der Waals surface area contributed by atoms with E-state index in [1.54, 1.807) is 6.07 Å². The van der Waals surface area contributed by atoms with Gasteiger partial charge in [-0.3, -0.25) is 0 Å². The van der Waals surface area contributed by atoms with E-state index in [0.717, 1.165) is 20.8 Å². The highest BCUT2D eigenvalue weighted by molar-refractivity contribution is 9.10. The Balaban J connectivity index is 1.95. The van der Waals surface area contributed by atoms with Crippen molar-refractivity contribution in [2.75, 3.05) is 0 Å². The van der Waals surface area contributed by atoms with Crippen molar-refractivity contribution in [3.63, 3.8) is 0 Å². The highest BCUT2D eigenvalue weighted by Gasteiger charge is 2.27. The molecule has 1 aliphatic carbocycles. The van der Waals surface area contributed by atoms with Gasteiger partial charge in [0.25, 0.3) is 0 Å². The van der Waals surface area contributed by atoms with Crippen molar-refractivity contribution in [2.45, 2.75) is 6.04 Å². The number of fused-ring (bicyclic) bond motifs is 1. The van der Waals surface area contributed by atoms with Crippen LogP contribution in [0.25, 0.3) is 5.70 Å². The lowest BCUT2D eigenvalue weighted by Gasteiger charge is -2.17. The molecule has 0 aromatic heterocycles. The standard InChI is InChI=1S/C14H11BrClNO/c15-9-1-3-11(14(18)7-9)13-6-8-5-10(16)2-4-12(8)17-13/h1-8,12,17-18H. The van der Waals surface area contributed by atoms with E-state index < -0.39 is 0 Å². The van der Waals surface area contributed by atoms with Gasteiger partial charge in [-0.25, -0.2) is 0 Å². The molecule has 2 unspecified atom stereocenters. The van der Waals surface area contributed by atoms with Gasteiger partial charge in [0.05, 0.1) is 6.04 Å². The van der Waals surface area contributed by atoms with Crippen LogP contribution in [0.15, 0.2) is 52.0 Å². The third-order valence-corrected chi connectivity index (χ3v) is 3.91. The smallest absolute Gasteiger partial charge is 0.125 e. The first-order chi connectivity index (χ1) is 8.63. The second kappa shape index (κ2) is 4.48. The highest BCUT2D eigenvalue weighted by atomic mass is 79.9. The minimum absolute atomic E-state index is 0.227. The highest BCUT2D eigenvalue weighted by Crippen LogP contribution is 2.34. The van der Waals surface area contributed by atoms with E-state index in [1.165, 1.54) is 0 Å². The van der Waals surface area contributed by atoms with E-state index in [0.29, 0.717) is 0 Å². The van der Waals surface area contributed by atoms with Gasteiger partial charge in [0.1, 0.15) is 5.75 Å². The van der Waals surface area contributed by atoms with Crippen molar-refractivity contribution < 1.29 is 5.11 Å². The van der Waals surface area contributed by atoms with Gasteiger partial charge < -0.3 is 10.4 Å². The molecule has 0 fully saturated rings. The van der Waals surface area contributed by atoms with Gasteiger partial charge >= 0.3 is 0 Å². The van der Waals surface area contributed by atoms with Gasteiger partial charge in [-0.05, 0) is 24.3 Å². The number of hydrogen-bond donors (Lipinski definition) is 2. The predicted molar refractivity (Wildman–Crippen MR) is 77.3 cm³/mol. The summed E-state index contributed by atoms with van der Waals surface area (Å²) in [5.74, 6) is 0.515. The molecule has 2 N–H and O–H groups in total. The van der Waals surface area contributed by atoms with Gasteiger partial charge in [-0.1, -0.05) is 45.8 Å². The number of halogens is 2. The summed E-state index contributed by atoms with van der Waals surface area (Å²) in [6, 6.07) is 5.73. The van der Waals surface area contributed by atoms with Crippen molar-refractivity contribution in [3.05, 3.63) is 57.6 Å². The zero-order valence-corrected chi connectivity index (χ0v) is 11.7. The van der Waals surface area contributed by atoms with Crippen LogP contribution in [0, 0.1) is 5.92 Å². The molecule has 0 spiro atoms. The van der Waals surface area contributed by atoms with Gasteiger partial charge in [0, 0.05) is 26.7 Å². The zero-order chi connectivity index (χ0) is 12.7. The molecule has 0 saturated heterocycles. The van der Waals surface area contributed by atoms with E-state index in [1.807, 2.05) is 30.4 Å². The fraction of sp³-hybridized carbons (Fsp3) is 0.143. The Kier molecular flexibility index (Phi) is 2.96. The SMILES string of the molecule is Oc1cc(Br)ccc1C1=CC2C=C(Cl)C=CC2N1. The van der Waals surface area contributed by atoms with Gasteiger partial charge in [0.15, 0.2) is 0 Å². The quantitative estimate of drug-likeness (QED) is 0.824. The fourth-order valence-corrected chi connectivity index (χ4v) is 2.85. The summed E-state index contributed by atoms with van der Waals surface area (Å²) in [5, 5.41) is 14.1. The molecule has 0 saturated carbocycles. The van der Waals surface area contributed by atoms with Crippen LogP contribution in [0.2, 0.25) is 0 Å². The lowest BCUT2D eigenvalue weighted by Crippen LogP contribution is -2.26. The Labute approximate surface area is 119 Å². The molecule has 1 heterocycles. The molecular weight excluding hydrogens is 314 g/mol. The number of allylic oxidation sites excluding steroid dienone is 2. The largest absolute Gasteiger partial charge is 0.507 e. The van der Waals surface area contributed by atoms with E-state index >= 15 is 0 Å². The van der Waals surface area contributed by atoms with Gasteiger partial charge in [-0.2, -0.15) is 0 Å². The Morgan fingerprint density at radius 3 is 2.89 bits per heavy atom. The molecule has 0 radical (unpaired) electrons. The van der Waals surface area contributed by atoms with Crippen molar-refractivity contribution in [2.24, 2.45) is 5.92 Å². The number of benzene rings is 1. The third kappa shape index (κ3) is 2.08. The molecule has 1 aromatic rings. The lowest BCUT2D eigenvalue weighted by molar-refractivity contribution is 0.472. The summed E-state index contributed by atoms with van der Waals surface area (Å²) < 4.78 is 0.864. The predicted octanol–water partition coefficient (Wildman–Crippen LogP) is 3.78. The number of phenolic OH excluding ortho intramolecular Hbond substituents is 1. The molecule has 2 atom stereocenters. The van der Waals surface area contributed by atoms with Gasteiger partial charge in [-0.15, -0.1) is 0 Å². The molecular formula is C14H11BrClNO. The molecule has 2 aliphatic rings. The van der Waals surface area contributed by atoms with Crippen LogP contribution in [-0.2, 0) is 0 Å². The van der Waals surface area contributed by atoms with Crippen molar-refractivity contribution in [3.8, 4) is 5.75 Å². The van der Waals surface area contributed by atoms with E-state index in [2.05, 4.69) is 27.3 Å². The van der Waals surface area contributed by atoms with E-state index in [4.69, 9.17) is 11.6 Å². The first kappa shape index (κ1) is 11.9. The normalized spacial score (nSPS) is 25.2. The number of phenols is 1. The average molecular weight is 325 g/mol. The summed E-state index contributed by atoms with van der Waals surface area (Å²) in [4.78, 5) is 0. The number of rotatable bonds is 1. The van der Waals surface area contributed by atoms with Crippen LogP contribution >= 0.6 is 27.5 Å². The van der Waals surface area contributed by atoms with Crippen LogP contribution in [0.5, 0.6) is 5.75 Å². The third-order valence-electron chi connectivity index (χ3n) is 3.16. The van der Waals surface area contributed by atoms with E-state index in [-0.39, 0.29) is 17.7 Å². The minimum atomic E-state index is 0.227. The topological polar surface area (TPSA) is 32.3 Å². The molecule has 4 heteroatoms. The monoisotopic (exact) mass is 323 g/mol. The molecule has 18 heavy (non-hydrogen) atoms. The summed E-state index contributed by atoms with van der Waals surface area (Å²) >= 11 is 9.33. The molecule has 3 rings (SSSR count). The van der Waals surface area contributed by atoms with E-state index in [9.17, 15) is 5.11 Å². The molecule has 92 valence electrons. The van der Waals surface area contributed by atoms with Crippen LogP contribution in [0.4, 0.5) is 0 Å². The fourth-order valence-electron chi connectivity index (χ4n) is 2.28. The Hall–Kier alpha value is -1.19. The molecule has 1 aliphatic heterocycles. The van der Waals surface area contributed by atoms with Crippen LogP contribution in [0.1, 0.15) is 5.56 Å². The average Bonchev–Trinajstić information content (AvgIpc) is 2.71. The summed E-state index contributed by atoms with van der Waals surface area (Å²) in [7, 11) is 0. The molecule has 0 amide bonds. The van der Waals surface area contributed by atoms with Crippen molar-refractivity contribution >= 4 is 33.2 Å². The zero-order valence-electron chi connectivity index (χ0n) is 9.40. The Bertz CT molecular complexity index is 591. The van der Waals surface area contributed by atoms with Crippen LogP contribution in [0.3, 0.4) is 0 Å². The Morgan fingerprint density at radius 2 is 2.11 bits per heavy atom. The number of hydrogen-bond acceptors (Lipinski definition) is 2. The number of nitrogens with one attached hydrogen (secondary N) is 1. The maximum atomic E-state index is 9.97. The lowest BCUT2D eigenvalue weighted by atomic mass is 9.97. The number of aromatic hydroxyl groups is 1. The van der Waals surface area contributed by atoms with Crippen molar-refractivity contribution in [1.82, 2.24) is 5.32 Å². The van der Waals surface area contributed by atoms with Crippen molar-refractivity contribution in [1.29, 1.82) is 0 Å². The minimum Gasteiger partial charge on any atom is -0.507 e. The molecule has 2 nitrogen and oxygen atoms in total. The maximum absolute atomic E-state index is 9.97.